The molecule has 6 heteroatoms. The first-order chi connectivity index (χ1) is 10.7. The van der Waals surface area contributed by atoms with Gasteiger partial charge in [0.1, 0.15) is 0 Å². The van der Waals surface area contributed by atoms with Crippen molar-refractivity contribution in [3.63, 3.8) is 0 Å². The minimum absolute atomic E-state index is 0.0291. The zero-order valence-corrected chi connectivity index (χ0v) is 12.5. The maximum Gasteiger partial charge on any atom is 0.237 e. The summed E-state index contributed by atoms with van der Waals surface area (Å²) < 4.78 is 0. The quantitative estimate of drug-likeness (QED) is 0.550. The predicted molar refractivity (Wildman–Crippen MR) is 78.5 cm³/mol. The first kappa shape index (κ1) is 13.9. The molecule has 0 aromatic carbocycles. The van der Waals surface area contributed by atoms with Crippen LogP contribution >= 0.6 is 0 Å². The van der Waals surface area contributed by atoms with Gasteiger partial charge >= 0.3 is 0 Å². The second-order valence-corrected chi connectivity index (χ2v) is 6.77. The summed E-state index contributed by atoms with van der Waals surface area (Å²) in [6.45, 7) is 1.51. The van der Waals surface area contributed by atoms with Crippen LogP contribution in [0.2, 0.25) is 0 Å². The van der Waals surface area contributed by atoms with Crippen molar-refractivity contribution in [2.75, 3.05) is 19.6 Å². The zero-order valence-electron chi connectivity index (χ0n) is 12.5. The van der Waals surface area contributed by atoms with E-state index in [-0.39, 0.29) is 47.4 Å². The Morgan fingerprint density at radius 2 is 1.91 bits per heavy atom. The van der Waals surface area contributed by atoms with Gasteiger partial charge < -0.3 is 10.6 Å². The molecule has 2 aliphatic heterocycles. The van der Waals surface area contributed by atoms with Gasteiger partial charge in [0, 0.05) is 13.1 Å². The smallest absolute Gasteiger partial charge is 0.237 e. The van der Waals surface area contributed by atoms with Crippen LogP contribution in [0.1, 0.15) is 19.3 Å². The summed E-state index contributed by atoms with van der Waals surface area (Å²) in [4.78, 5) is 38.2. The zero-order chi connectivity index (χ0) is 15.3. The maximum absolute atomic E-state index is 12.5. The lowest BCUT2D eigenvalue weighted by molar-refractivity contribution is -0.141. The molecule has 0 aromatic rings. The third kappa shape index (κ3) is 2.00. The minimum atomic E-state index is -0.144. The maximum atomic E-state index is 12.5. The van der Waals surface area contributed by atoms with Gasteiger partial charge in [-0.25, -0.2) is 0 Å². The largest absolute Gasteiger partial charge is 0.353 e. The molecular weight excluding hydrogens is 282 g/mol. The van der Waals surface area contributed by atoms with E-state index in [2.05, 4.69) is 22.8 Å². The highest BCUT2D eigenvalue weighted by Crippen LogP contribution is 2.52. The first-order valence-electron chi connectivity index (χ1n) is 8.21. The molecule has 118 valence electrons. The number of amides is 3. The van der Waals surface area contributed by atoms with Gasteiger partial charge in [-0.3, -0.25) is 19.3 Å². The number of nitrogens with one attached hydrogen (secondary N) is 2. The Balaban J connectivity index is 1.33. The number of rotatable bonds is 4. The number of nitrogens with zero attached hydrogens (tertiary/aromatic N) is 1. The van der Waals surface area contributed by atoms with Gasteiger partial charge in [-0.2, -0.15) is 0 Å². The molecule has 2 aliphatic carbocycles. The molecule has 1 saturated carbocycles. The fraction of sp³-hybridized carbons (Fsp3) is 0.688. The Bertz CT molecular complexity index is 523. The van der Waals surface area contributed by atoms with Crippen LogP contribution in [-0.4, -0.2) is 48.3 Å². The van der Waals surface area contributed by atoms with E-state index in [1.54, 1.807) is 0 Å². The van der Waals surface area contributed by atoms with Crippen molar-refractivity contribution < 1.29 is 14.4 Å². The Kier molecular flexibility index (Phi) is 3.29. The summed E-state index contributed by atoms with van der Waals surface area (Å²) in [5, 5.41) is 5.97. The van der Waals surface area contributed by atoms with Gasteiger partial charge in [0.2, 0.25) is 17.7 Å². The van der Waals surface area contributed by atoms with Crippen molar-refractivity contribution in [1.29, 1.82) is 0 Å². The van der Waals surface area contributed by atoms with Crippen LogP contribution in [0.3, 0.4) is 0 Å². The molecule has 0 radical (unpaired) electrons. The van der Waals surface area contributed by atoms with E-state index in [9.17, 15) is 14.4 Å². The number of carbonyl (C=O) groups excluding carboxylic acids is 3. The number of hydrogen-bond donors (Lipinski definition) is 2. The molecule has 5 atom stereocenters. The average Bonchev–Trinajstić information content (AvgIpc) is 3.27. The number of hydrogen-bond acceptors (Lipinski definition) is 4. The summed E-state index contributed by atoms with van der Waals surface area (Å²) in [6.07, 6.45) is 7.00. The molecule has 4 rings (SSSR count). The van der Waals surface area contributed by atoms with Crippen LogP contribution in [-0.2, 0) is 14.4 Å². The van der Waals surface area contributed by atoms with Crippen LogP contribution in [0.4, 0.5) is 0 Å². The lowest BCUT2D eigenvalue weighted by Crippen LogP contribution is -2.44. The molecule has 2 bridgehead atoms. The molecule has 3 amide bonds. The van der Waals surface area contributed by atoms with Gasteiger partial charge in [0.25, 0.3) is 0 Å². The van der Waals surface area contributed by atoms with Gasteiger partial charge in [-0.15, -0.1) is 0 Å². The third-order valence-electron chi connectivity index (χ3n) is 5.57. The molecule has 0 aromatic heterocycles. The Labute approximate surface area is 129 Å². The molecule has 22 heavy (non-hydrogen) atoms. The lowest BCUT2D eigenvalue weighted by atomic mass is 9.85. The number of allylic oxidation sites excluding steroid dienone is 2. The van der Waals surface area contributed by atoms with Crippen molar-refractivity contribution in [2.24, 2.45) is 23.7 Å². The second-order valence-electron chi connectivity index (χ2n) is 6.77. The number of likely N-dealkylation sites (tertiary alicyclic amines) is 1. The van der Waals surface area contributed by atoms with Crippen LogP contribution < -0.4 is 10.6 Å². The fourth-order valence-corrected chi connectivity index (χ4v) is 4.51. The minimum Gasteiger partial charge on any atom is -0.353 e. The lowest BCUT2D eigenvalue weighted by Gasteiger charge is -2.18. The van der Waals surface area contributed by atoms with Crippen LogP contribution in [0, 0.1) is 23.7 Å². The molecule has 5 unspecified atom stereocenters. The van der Waals surface area contributed by atoms with Crippen molar-refractivity contribution >= 4 is 17.7 Å². The summed E-state index contributed by atoms with van der Waals surface area (Å²) >= 11 is 0. The van der Waals surface area contributed by atoms with Gasteiger partial charge in [-0.05, 0) is 37.6 Å². The van der Waals surface area contributed by atoms with Gasteiger partial charge in [0.15, 0.2) is 0 Å². The van der Waals surface area contributed by atoms with Crippen LogP contribution in [0.15, 0.2) is 12.2 Å². The second kappa shape index (κ2) is 5.19. The molecule has 2 heterocycles. The van der Waals surface area contributed by atoms with E-state index in [1.165, 1.54) is 4.90 Å². The topological polar surface area (TPSA) is 78.5 Å². The monoisotopic (exact) mass is 303 g/mol. The average molecular weight is 303 g/mol. The highest BCUT2D eigenvalue weighted by Gasteiger charge is 2.58. The van der Waals surface area contributed by atoms with Crippen molar-refractivity contribution in [3.8, 4) is 0 Å². The molecule has 2 saturated heterocycles. The molecule has 4 aliphatic rings. The fourth-order valence-electron chi connectivity index (χ4n) is 4.51. The third-order valence-corrected chi connectivity index (χ3v) is 5.57. The Morgan fingerprint density at radius 3 is 2.50 bits per heavy atom. The van der Waals surface area contributed by atoms with E-state index in [0.29, 0.717) is 13.1 Å². The number of carbonyl (C=O) groups is 3. The van der Waals surface area contributed by atoms with E-state index in [4.69, 9.17) is 0 Å². The van der Waals surface area contributed by atoms with E-state index >= 15 is 0 Å². The molecule has 0 spiro atoms. The van der Waals surface area contributed by atoms with Crippen molar-refractivity contribution in [2.45, 2.75) is 25.3 Å². The van der Waals surface area contributed by atoms with Crippen LogP contribution in [0.25, 0.3) is 0 Å². The standard InChI is InChI=1S/C16H21N3O3/c20-14(11-2-1-5-17-11)18-6-7-19-15(21)12-9-3-4-10(8-9)13(12)16(19)22/h3-4,9-13,17H,1-2,5-8H2,(H,18,20). The molecule has 6 nitrogen and oxygen atoms in total. The summed E-state index contributed by atoms with van der Waals surface area (Å²) in [6, 6.07) is -0.121. The SMILES string of the molecule is O=C(NCCN1C(=O)C2C3C=CC(C3)C2C1=O)C1CCCN1. The van der Waals surface area contributed by atoms with E-state index in [0.717, 1.165) is 25.8 Å². The number of fused-ring (bicyclic) bond motifs is 5. The van der Waals surface area contributed by atoms with Gasteiger partial charge in [-0.1, -0.05) is 12.2 Å². The molecule has 2 N–H and O–H groups in total. The summed E-state index contributed by atoms with van der Waals surface area (Å²) in [5.74, 6) is 0.0885. The first-order valence-corrected chi connectivity index (χ1v) is 8.21. The van der Waals surface area contributed by atoms with Crippen LogP contribution in [0.5, 0.6) is 0 Å². The Morgan fingerprint density at radius 1 is 1.23 bits per heavy atom. The summed E-state index contributed by atoms with van der Waals surface area (Å²) in [5.41, 5.74) is 0. The van der Waals surface area contributed by atoms with Gasteiger partial charge in [0.05, 0.1) is 17.9 Å². The molecule has 3 fully saturated rings. The molecular formula is C16H21N3O3. The normalized spacial score (nSPS) is 38.9. The van der Waals surface area contributed by atoms with E-state index in [1.807, 2.05) is 0 Å². The van der Waals surface area contributed by atoms with Crippen molar-refractivity contribution in [3.05, 3.63) is 12.2 Å². The summed E-state index contributed by atoms with van der Waals surface area (Å²) in [7, 11) is 0. The highest BCUT2D eigenvalue weighted by atomic mass is 16.2. The predicted octanol–water partition coefficient (Wildman–Crippen LogP) is -0.338. The van der Waals surface area contributed by atoms with E-state index < -0.39 is 0 Å². The highest BCUT2D eigenvalue weighted by molar-refractivity contribution is 6.06. The van der Waals surface area contributed by atoms with Crippen molar-refractivity contribution in [1.82, 2.24) is 15.5 Å². The number of imide groups is 1. The Hall–Kier alpha value is -1.69.